The molecule has 0 fully saturated rings. The summed E-state index contributed by atoms with van der Waals surface area (Å²) in [4.78, 5) is 4.08. The van der Waals surface area contributed by atoms with Gasteiger partial charge >= 0.3 is 0 Å². The molecule has 19 heavy (non-hydrogen) atoms. The maximum absolute atomic E-state index is 11.3. The van der Waals surface area contributed by atoms with Crippen LogP contribution in [0.15, 0.2) is 48.1 Å². The van der Waals surface area contributed by atoms with Crippen LogP contribution >= 0.6 is 0 Å². The lowest BCUT2D eigenvalue weighted by atomic mass is 10.1. The molecule has 4 nitrogen and oxygen atoms in total. The Morgan fingerprint density at radius 1 is 1.26 bits per heavy atom. The Kier molecular flexibility index (Phi) is 3.08. The van der Waals surface area contributed by atoms with Crippen LogP contribution in [0.1, 0.15) is 5.56 Å². The summed E-state index contributed by atoms with van der Waals surface area (Å²) < 4.78 is 22.6. The van der Waals surface area contributed by atoms with E-state index in [1.165, 1.54) is 5.41 Å². The minimum absolute atomic E-state index is 0.0851. The van der Waals surface area contributed by atoms with Crippen LogP contribution in [0.5, 0.6) is 0 Å². The van der Waals surface area contributed by atoms with Crippen LogP contribution in [0.4, 0.5) is 0 Å². The minimum atomic E-state index is -2.99. The Morgan fingerprint density at radius 2 is 2.16 bits per heavy atom. The Bertz CT molecular complexity index is 738. The van der Waals surface area contributed by atoms with Gasteiger partial charge in [-0.1, -0.05) is 18.2 Å². The average molecular weight is 274 g/mol. The summed E-state index contributed by atoms with van der Waals surface area (Å²) in [5.41, 5.74) is 1.14. The molecule has 2 aromatic rings. The van der Waals surface area contributed by atoms with Crippen molar-refractivity contribution in [1.29, 1.82) is 0 Å². The van der Waals surface area contributed by atoms with Gasteiger partial charge in [-0.05, 0) is 23.1 Å². The van der Waals surface area contributed by atoms with E-state index in [0.29, 0.717) is 6.54 Å². The highest BCUT2D eigenvalue weighted by Crippen LogP contribution is 2.15. The number of hydrogen-bond donors (Lipinski definition) is 1. The molecular formula is C14H14N2O2S. The van der Waals surface area contributed by atoms with E-state index in [9.17, 15) is 8.42 Å². The Hall–Kier alpha value is -1.72. The zero-order valence-corrected chi connectivity index (χ0v) is 11.1. The van der Waals surface area contributed by atoms with Crippen molar-refractivity contribution in [2.24, 2.45) is 0 Å². The molecule has 1 aromatic carbocycles. The Morgan fingerprint density at radius 3 is 2.95 bits per heavy atom. The second kappa shape index (κ2) is 4.75. The molecule has 1 aromatic heterocycles. The number of nitrogens with one attached hydrogen (secondary N) is 1. The quantitative estimate of drug-likeness (QED) is 0.924. The lowest BCUT2D eigenvalue weighted by molar-refractivity contribution is 0.590. The molecule has 0 saturated carbocycles. The smallest absolute Gasteiger partial charge is 0.173 e. The summed E-state index contributed by atoms with van der Waals surface area (Å²) >= 11 is 0. The molecule has 3 rings (SSSR count). The number of aromatic nitrogens is 1. The van der Waals surface area contributed by atoms with Crippen LogP contribution in [0.2, 0.25) is 0 Å². The summed E-state index contributed by atoms with van der Waals surface area (Å²) in [5, 5.41) is 6.77. The maximum Gasteiger partial charge on any atom is 0.173 e. The lowest BCUT2D eigenvalue weighted by Crippen LogP contribution is -2.29. The van der Waals surface area contributed by atoms with Crippen molar-refractivity contribution in [3.05, 3.63) is 53.7 Å². The third-order valence-electron chi connectivity index (χ3n) is 3.20. The van der Waals surface area contributed by atoms with Crippen LogP contribution in [-0.4, -0.2) is 25.2 Å². The molecule has 0 bridgehead atoms. The van der Waals surface area contributed by atoms with Gasteiger partial charge in [-0.25, -0.2) is 8.42 Å². The maximum atomic E-state index is 11.3. The number of sulfone groups is 1. The third kappa shape index (κ3) is 2.83. The fraction of sp³-hybridized carbons (Fsp3) is 0.214. The predicted octanol–water partition coefficient (Wildman–Crippen LogP) is 1.64. The molecule has 1 aliphatic rings. The summed E-state index contributed by atoms with van der Waals surface area (Å²) in [7, 11) is -2.99. The first-order valence-electron chi connectivity index (χ1n) is 6.09. The SMILES string of the molecule is O=S1(=O)C=CC(NCc2ccc3cnccc3c2)C1. The second-order valence-electron chi connectivity index (χ2n) is 4.70. The Balaban J connectivity index is 1.71. The summed E-state index contributed by atoms with van der Waals surface area (Å²) in [6, 6.07) is 8.04. The van der Waals surface area contributed by atoms with Crippen molar-refractivity contribution in [3.8, 4) is 0 Å². The van der Waals surface area contributed by atoms with Gasteiger partial charge in [0, 0.05) is 35.8 Å². The number of pyridine rings is 1. The highest BCUT2D eigenvalue weighted by atomic mass is 32.2. The van der Waals surface area contributed by atoms with Crippen LogP contribution in [0.25, 0.3) is 10.8 Å². The van der Waals surface area contributed by atoms with E-state index >= 15 is 0 Å². The molecule has 98 valence electrons. The van der Waals surface area contributed by atoms with E-state index in [1.54, 1.807) is 12.3 Å². The van der Waals surface area contributed by atoms with Crippen LogP contribution in [-0.2, 0) is 16.4 Å². The van der Waals surface area contributed by atoms with Crippen LogP contribution < -0.4 is 5.32 Å². The van der Waals surface area contributed by atoms with Crippen molar-refractivity contribution in [1.82, 2.24) is 10.3 Å². The fourth-order valence-electron chi connectivity index (χ4n) is 2.19. The van der Waals surface area contributed by atoms with Gasteiger partial charge < -0.3 is 5.32 Å². The fourth-order valence-corrected chi connectivity index (χ4v) is 3.46. The van der Waals surface area contributed by atoms with E-state index < -0.39 is 9.84 Å². The molecule has 1 atom stereocenters. The first-order valence-corrected chi connectivity index (χ1v) is 7.81. The Labute approximate surface area is 112 Å². The number of rotatable bonds is 3. The van der Waals surface area contributed by atoms with E-state index in [2.05, 4.69) is 16.4 Å². The number of fused-ring (bicyclic) bond motifs is 1. The highest BCUT2D eigenvalue weighted by Gasteiger charge is 2.20. The number of hydrogen-bond acceptors (Lipinski definition) is 4. The normalized spacial score (nSPS) is 20.9. The van der Waals surface area contributed by atoms with Crippen molar-refractivity contribution >= 4 is 20.6 Å². The van der Waals surface area contributed by atoms with Crippen LogP contribution in [0, 0.1) is 0 Å². The zero-order valence-electron chi connectivity index (χ0n) is 10.3. The van der Waals surface area contributed by atoms with Crippen molar-refractivity contribution in [2.45, 2.75) is 12.6 Å². The largest absolute Gasteiger partial charge is 0.305 e. The third-order valence-corrected chi connectivity index (χ3v) is 4.60. The molecule has 1 unspecified atom stereocenters. The van der Waals surface area contributed by atoms with E-state index in [-0.39, 0.29) is 11.8 Å². The summed E-state index contributed by atoms with van der Waals surface area (Å²) in [5.74, 6) is 0.157. The molecule has 0 radical (unpaired) electrons. The van der Waals surface area contributed by atoms with Gasteiger partial charge in [-0.3, -0.25) is 4.98 Å². The summed E-state index contributed by atoms with van der Waals surface area (Å²) in [6.45, 7) is 0.656. The lowest BCUT2D eigenvalue weighted by Gasteiger charge is -2.10. The van der Waals surface area contributed by atoms with Crippen molar-refractivity contribution in [3.63, 3.8) is 0 Å². The molecule has 0 aliphatic carbocycles. The number of benzene rings is 1. The van der Waals surface area contributed by atoms with E-state index in [1.807, 2.05) is 24.4 Å². The molecule has 5 heteroatoms. The minimum Gasteiger partial charge on any atom is -0.305 e. The highest BCUT2D eigenvalue weighted by molar-refractivity contribution is 7.94. The molecule has 0 spiro atoms. The van der Waals surface area contributed by atoms with Crippen molar-refractivity contribution < 1.29 is 8.42 Å². The molecule has 0 saturated heterocycles. The monoisotopic (exact) mass is 274 g/mol. The molecule has 1 N–H and O–H groups in total. The average Bonchev–Trinajstić information content (AvgIpc) is 2.76. The predicted molar refractivity (Wildman–Crippen MR) is 75.3 cm³/mol. The van der Waals surface area contributed by atoms with Gasteiger partial charge in [0.15, 0.2) is 9.84 Å². The molecule has 2 heterocycles. The first kappa shape index (κ1) is 12.3. The van der Waals surface area contributed by atoms with Gasteiger partial charge in [0.2, 0.25) is 0 Å². The molecule has 1 aliphatic heterocycles. The van der Waals surface area contributed by atoms with Gasteiger partial charge in [-0.2, -0.15) is 0 Å². The second-order valence-corrected chi connectivity index (χ2v) is 6.63. The zero-order chi connectivity index (χ0) is 13.3. The van der Waals surface area contributed by atoms with Gasteiger partial charge in [-0.15, -0.1) is 0 Å². The van der Waals surface area contributed by atoms with E-state index in [4.69, 9.17) is 0 Å². The standard InChI is InChI=1S/C14H14N2O2S/c17-19(18)6-4-14(10-19)16-8-11-1-2-13-9-15-5-3-12(13)7-11/h1-7,9,14,16H,8,10H2. The van der Waals surface area contributed by atoms with E-state index in [0.717, 1.165) is 16.3 Å². The van der Waals surface area contributed by atoms with Crippen LogP contribution in [0.3, 0.4) is 0 Å². The van der Waals surface area contributed by atoms with Gasteiger partial charge in [0.05, 0.1) is 5.75 Å². The molecular weight excluding hydrogens is 260 g/mol. The number of nitrogens with zero attached hydrogens (tertiary/aromatic N) is 1. The van der Waals surface area contributed by atoms with Crippen molar-refractivity contribution in [2.75, 3.05) is 5.75 Å². The van der Waals surface area contributed by atoms with Gasteiger partial charge in [0.25, 0.3) is 0 Å². The molecule has 0 amide bonds. The first-order chi connectivity index (χ1) is 9.12. The topological polar surface area (TPSA) is 59.1 Å². The summed E-state index contributed by atoms with van der Waals surface area (Å²) in [6.07, 6.45) is 5.31. The van der Waals surface area contributed by atoms with Gasteiger partial charge in [0.1, 0.15) is 0 Å².